The second-order valence-electron chi connectivity index (χ2n) is 4.44. The summed E-state index contributed by atoms with van der Waals surface area (Å²) < 4.78 is 16.4. The Balaban J connectivity index is 2.39. The molecule has 102 valence electrons. The van der Waals surface area contributed by atoms with Crippen LogP contribution in [0.4, 0.5) is 10.3 Å². The summed E-state index contributed by atoms with van der Waals surface area (Å²) in [5, 5.41) is 0.0353. The van der Waals surface area contributed by atoms with Crippen LogP contribution in [0.3, 0.4) is 0 Å². The number of halogens is 3. The molecule has 0 aliphatic rings. The number of fused-ring (bicyclic) bond motifs is 1. The number of hydrogen-bond acceptors (Lipinski definition) is 2. The molecule has 0 unspecified atom stereocenters. The molecular formula is C14H10BrClFN3. The van der Waals surface area contributed by atoms with E-state index in [-0.39, 0.29) is 5.02 Å². The Kier molecular flexibility index (Phi) is 3.18. The Labute approximate surface area is 128 Å². The first kappa shape index (κ1) is 13.4. The lowest BCUT2D eigenvalue weighted by Crippen LogP contribution is -2.02. The van der Waals surface area contributed by atoms with E-state index in [0.717, 1.165) is 15.7 Å². The van der Waals surface area contributed by atoms with Crippen molar-refractivity contribution in [2.45, 2.75) is 6.92 Å². The monoisotopic (exact) mass is 353 g/mol. The smallest absolute Gasteiger partial charge is 0.205 e. The minimum absolute atomic E-state index is 0.0353. The van der Waals surface area contributed by atoms with Crippen molar-refractivity contribution in [2.75, 3.05) is 5.73 Å². The maximum Gasteiger partial charge on any atom is 0.205 e. The van der Waals surface area contributed by atoms with Crippen LogP contribution in [0.5, 0.6) is 0 Å². The summed E-state index contributed by atoms with van der Waals surface area (Å²) >= 11 is 9.26. The standard InChI is InChI=1S/C14H10BrClFN3/c1-7-8(15)3-2-4-12(7)20-13-6-10(17)9(16)5-11(13)19-14(20)18/h2-6H,1H3,(H2,18,19). The first-order valence-electron chi connectivity index (χ1n) is 5.87. The molecule has 0 amide bonds. The zero-order valence-corrected chi connectivity index (χ0v) is 12.8. The van der Waals surface area contributed by atoms with E-state index in [4.69, 9.17) is 17.3 Å². The highest BCUT2D eigenvalue weighted by atomic mass is 79.9. The Bertz CT molecular complexity index is 829. The summed E-state index contributed by atoms with van der Waals surface area (Å²) in [6.45, 7) is 1.96. The van der Waals surface area contributed by atoms with E-state index in [2.05, 4.69) is 20.9 Å². The van der Waals surface area contributed by atoms with Gasteiger partial charge in [-0.15, -0.1) is 0 Å². The molecule has 3 nitrogen and oxygen atoms in total. The van der Waals surface area contributed by atoms with Gasteiger partial charge in [0, 0.05) is 10.5 Å². The molecule has 3 rings (SSSR count). The van der Waals surface area contributed by atoms with Crippen LogP contribution in [-0.4, -0.2) is 9.55 Å². The molecule has 0 spiro atoms. The van der Waals surface area contributed by atoms with Gasteiger partial charge in [-0.25, -0.2) is 9.37 Å². The summed E-state index contributed by atoms with van der Waals surface area (Å²) in [5.74, 6) is -0.198. The molecule has 0 aliphatic heterocycles. The van der Waals surface area contributed by atoms with Gasteiger partial charge in [0.1, 0.15) is 5.82 Å². The van der Waals surface area contributed by atoms with Crippen molar-refractivity contribution >= 4 is 44.5 Å². The van der Waals surface area contributed by atoms with Gasteiger partial charge in [-0.1, -0.05) is 33.6 Å². The second kappa shape index (κ2) is 4.75. The predicted octanol–water partition coefficient (Wildman–Crippen LogP) is 4.47. The summed E-state index contributed by atoms with van der Waals surface area (Å²) in [5.41, 5.74) is 8.97. The number of rotatable bonds is 1. The number of benzene rings is 2. The zero-order valence-electron chi connectivity index (χ0n) is 10.5. The van der Waals surface area contributed by atoms with E-state index in [1.165, 1.54) is 12.1 Å². The van der Waals surface area contributed by atoms with Crippen LogP contribution in [0.25, 0.3) is 16.7 Å². The van der Waals surface area contributed by atoms with Gasteiger partial charge in [-0.05, 0) is 30.7 Å². The van der Waals surface area contributed by atoms with E-state index in [1.54, 1.807) is 4.57 Å². The van der Waals surface area contributed by atoms with Crippen LogP contribution < -0.4 is 5.73 Å². The highest BCUT2D eigenvalue weighted by molar-refractivity contribution is 9.10. The third-order valence-electron chi connectivity index (χ3n) is 3.20. The van der Waals surface area contributed by atoms with E-state index >= 15 is 0 Å². The van der Waals surface area contributed by atoms with E-state index in [9.17, 15) is 4.39 Å². The Morgan fingerprint density at radius 1 is 1.35 bits per heavy atom. The Morgan fingerprint density at radius 3 is 2.85 bits per heavy atom. The quantitative estimate of drug-likeness (QED) is 0.700. The summed E-state index contributed by atoms with van der Waals surface area (Å²) in [6, 6.07) is 8.56. The van der Waals surface area contributed by atoms with Gasteiger partial charge < -0.3 is 5.73 Å². The number of aromatic nitrogens is 2. The molecule has 0 aliphatic carbocycles. The van der Waals surface area contributed by atoms with Crippen molar-refractivity contribution in [1.82, 2.24) is 9.55 Å². The lowest BCUT2D eigenvalue weighted by Gasteiger charge is -2.11. The van der Waals surface area contributed by atoms with Crippen LogP contribution in [0.15, 0.2) is 34.8 Å². The van der Waals surface area contributed by atoms with Gasteiger partial charge >= 0.3 is 0 Å². The lowest BCUT2D eigenvalue weighted by atomic mass is 10.2. The number of imidazole rings is 1. The highest BCUT2D eigenvalue weighted by Crippen LogP contribution is 2.30. The maximum atomic E-state index is 13.7. The SMILES string of the molecule is Cc1c(Br)cccc1-n1c(N)nc2cc(Cl)c(F)cc21. The second-order valence-corrected chi connectivity index (χ2v) is 5.71. The molecule has 2 N–H and O–H groups in total. The fraction of sp³-hybridized carbons (Fsp3) is 0.0714. The minimum atomic E-state index is -0.493. The topological polar surface area (TPSA) is 43.8 Å². The third kappa shape index (κ3) is 1.98. The van der Waals surface area contributed by atoms with Gasteiger partial charge in [0.2, 0.25) is 5.95 Å². The Morgan fingerprint density at radius 2 is 2.10 bits per heavy atom. The summed E-state index contributed by atoms with van der Waals surface area (Å²) in [4.78, 5) is 4.24. The number of anilines is 1. The maximum absolute atomic E-state index is 13.7. The van der Waals surface area contributed by atoms with E-state index < -0.39 is 5.82 Å². The Hall–Kier alpha value is -1.59. The number of nitrogen functional groups attached to an aromatic ring is 1. The third-order valence-corrected chi connectivity index (χ3v) is 4.35. The first-order chi connectivity index (χ1) is 9.49. The van der Waals surface area contributed by atoms with Crippen molar-refractivity contribution in [3.8, 4) is 5.69 Å². The molecule has 6 heteroatoms. The van der Waals surface area contributed by atoms with Crippen LogP contribution in [0.2, 0.25) is 5.02 Å². The predicted molar refractivity (Wildman–Crippen MR) is 82.9 cm³/mol. The average Bonchev–Trinajstić information content (AvgIpc) is 2.69. The normalized spacial score (nSPS) is 11.2. The van der Waals surface area contributed by atoms with Crippen LogP contribution >= 0.6 is 27.5 Å². The molecule has 0 saturated heterocycles. The zero-order chi connectivity index (χ0) is 14.4. The van der Waals surface area contributed by atoms with Crippen molar-refractivity contribution in [2.24, 2.45) is 0 Å². The van der Waals surface area contributed by atoms with Crippen LogP contribution in [0.1, 0.15) is 5.56 Å². The lowest BCUT2D eigenvalue weighted by molar-refractivity contribution is 0.629. The highest BCUT2D eigenvalue weighted by Gasteiger charge is 2.15. The molecule has 2 aromatic carbocycles. The molecule has 3 aromatic rings. The molecule has 0 bridgehead atoms. The van der Waals surface area contributed by atoms with Crippen LogP contribution in [-0.2, 0) is 0 Å². The van der Waals surface area contributed by atoms with Crippen molar-refractivity contribution in [1.29, 1.82) is 0 Å². The number of nitrogens with zero attached hydrogens (tertiary/aromatic N) is 2. The van der Waals surface area contributed by atoms with Gasteiger partial charge in [0.15, 0.2) is 0 Å². The molecule has 20 heavy (non-hydrogen) atoms. The summed E-state index contributed by atoms with van der Waals surface area (Å²) in [6.07, 6.45) is 0. The molecular weight excluding hydrogens is 345 g/mol. The fourth-order valence-corrected chi connectivity index (χ4v) is 2.70. The summed E-state index contributed by atoms with van der Waals surface area (Å²) in [7, 11) is 0. The van der Waals surface area contributed by atoms with E-state index in [1.807, 2.05) is 25.1 Å². The van der Waals surface area contributed by atoms with Crippen molar-refractivity contribution in [3.63, 3.8) is 0 Å². The van der Waals surface area contributed by atoms with Gasteiger partial charge in [0.05, 0.1) is 21.7 Å². The van der Waals surface area contributed by atoms with E-state index in [0.29, 0.717) is 17.0 Å². The first-order valence-corrected chi connectivity index (χ1v) is 7.04. The van der Waals surface area contributed by atoms with Gasteiger partial charge in [0.25, 0.3) is 0 Å². The van der Waals surface area contributed by atoms with Crippen molar-refractivity contribution < 1.29 is 4.39 Å². The fourth-order valence-electron chi connectivity index (χ4n) is 2.18. The molecule has 1 aromatic heterocycles. The molecule has 1 heterocycles. The van der Waals surface area contributed by atoms with Crippen LogP contribution in [0, 0.1) is 12.7 Å². The molecule has 0 saturated carbocycles. The molecule has 0 atom stereocenters. The largest absolute Gasteiger partial charge is 0.369 e. The number of nitrogens with two attached hydrogens (primary N) is 1. The molecule has 0 fully saturated rings. The molecule has 0 radical (unpaired) electrons. The average molecular weight is 355 g/mol. The van der Waals surface area contributed by atoms with Crippen molar-refractivity contribution in [3.05, 3.63) is 51.2 Å². The van der Waals surface area contributed by atoms with Gasteiger partial charge in [-0.2, -0.15) is 0 Å². The number of hydrogen-bond donors (Lipinski definition) is 1. The minimum Gasteiger partial charge on any atom is -0.369 e. The van der Waals surface area contributed by atoms with Gasteiger partial charge in [-0.3, -0.25) is 4.57 Å².